The van der Waals surface area contributed by atoms with E-state index in [1.54, 1.807) is 13.3 Å². The van der Waals surface area contributed by atoms with Gasteiger partial charge >= 0.3 is 0 Å². The molecule has 0 saturated carbocycles. The minimum atomic E-state index is 0.0710. The largest absolute Gasteiger partial charge is 0.475 e. The molecule has 2 heterocycles. The smallest absolute Gasteiger partial charge is 0.218 e. The molecule has 1 aliphatic rings. The molecular formula is C18H30N4O2. The third-order valence-corrected chi connectivity index (χ3v) is 5.17. The van der Waals surface area contributed by atoms with Crippen LogP contribution >= 0.6 is 0 Å². The fourth-order valence-corrected chi connectivity index (χ4v) is 2.78. The van der Waals surface area contributed by atoms with Gasteiger partial charge in [0.2, 0.25) is 5.88 Å². The lowest BCUT2D eigenvalue weighted by molar-refractivity contribution is -0.0668. The summed E-state index contributed by atoms with van der Waals surface area (Å²) < 4.78 is 10.7. The molecule has 1 aliphatic heterocycles. The minimum Gasteiger partial charge on any atom is -0.475 e. The van der Waals surface area contributed by atoms with Crippen molar-refractivity contribution in [3.05, 3.63) is 23.9 Å². The Kier molecular flexibility index (Phi) is 5.70. The molecular weight excluding hydrogens is 304 g/mol. The maximum Gasteiger partial charge on any atom is 0.218 e. The Balaban J connectivity index is 2.00. The molecule has 0 aromatic carbocycles. The standard InChI is InChI=1S/C18H30N4O2/c1-17(2)13-22(18(17,3)4)16(19-5)21-12-14-8-7-9-20-15(14)24-11-10-23-6/h7-9H,10-13H2,1-6H3,(H,19,21). The van der Waals surface area contributed by atoms with E-state index in [1.165, 1.54) is 0 Å². The van der Waals surface area contributed by atoms with Crippen molar-refractivity contribution in [3.8, 4) is 5.88 Å². The number of likely N-dealkylation sites (tertiary alicyclic amines) is 1. The SMILES string of the molecule is CN=C(NCc1cccnc1OCCOC)N1CC(C)(C)C1(C)C. The molecule has 1 fully saturated rings. The number of guanidine groups is 1. The predicted octanol–water partition coefficient (Wildman–Crippen LogP) is 2.30. The number of hydrogen-bond donors (Lipinski definition) is 1. The first-order chi connectivity index (χ1) is 11.3. The quantitative estimate of drug-likeness (QED) is 0.491. The Labute approximate surface area is 145 Å². The maximum atomic E-state index is 5.69. The van der Waals surface area contributed by atoms with Gasteiger partial charge in [0.05, 0.1) is 6.61 Å². The van der Waals surface area contributed by atoms with Gasteiger partial charge in [-0.3, -0.25) is 4.99 Å². The summed E-state index contributed by atoms with van der Waals surface area (Å²) in [5.41, 5.74) is 1.35. The van der Waals surface area contributed by atoms with Gasteiger partial charge in [-0.05, 0) is 19.9 Å². The zero-order chi connectivity index (χ0) is 17.8. The molecule has 0 spiro atoms. The van der Waals surface area contributed by atoms with Gasteiger partial charge in [-0.1, -0.05) is 19.9 Å². The zero-order valence-corrected chi connectivity index (χ0v) is 15.7. The molecule has 134 valence electrons. The Morgan fingerprint density at radius 3 is 2.67 bits per heavy atom. The van der Waals surface area contributed by atoms with Crippen LogP contribution in [0, 0.1) is 5.41 Å². The summed E-state index contributed by atoms with van der Waals surface area (Å²) in [6.45, 7) is 11.7. The van der Waals surface area contributed by atoms with E-state index in [-0.39, 0.29) is 11.0 Å². The van der Waals surface area contributed by atoms with E-state index in [2.05, 4.69) is 47.9 Å². The molecule has 0 bridgehead atoms. The fraction of sp³-hybridized carbons (Fsp3) is 0.667. The number of methoxy groups -OCH3 is 1. The first kappa shape index (κ1) is 18.5. The Morgan fingerprint density at radius 2 is 2.08 bits per heavy atom. The van der Waals surface area contributed by atoms with E-state index in [0.717, 1.165) is 18.1 Å². The van der Waals surface area contributed by atoms with Crippen LogP contribution in [0.25, 0.3) is 0 Å². The zero-order valence-electron chi connectivity index (χ0n) is 15.7. The topological polar surface area (TPSA) is 59.0 Å². The van der Waals surface area contributed by atoms with Gasteiger partial charge in [-0.2, -0.15) is 0 Å². The molecule has 1 saturated heterocycles. The Morgan fingerprint density at radius 1 is 1.33 bits per heavy atom. The summed E-state index contributed by atoms with van der Waals surface area (Å²) in [4.78, 5) is 11.1. The molecule has 0 aliphatic carbocycles. The van der Waals surface area contributed by atoms with Crippen molar-refractivity contribution in [2.45, 2.75) is 39.8 Å². The highest BCUT2D eigenvalue weighted by Gasteiger charge is 2.53. The van der Waals surface area contributed by atoms with Gasteiger partial charge in [0.25, 0.3) is 0 Å². The summed E-state index contributed by atoms with van der Waals surface area (Å²) in [7, 11) is 3.48. The molecule has 0 radical (unpaired) electrons. The van der Waals surface area contributed by atoms with Gasteiger partial charge < -0.3 is 19.7 Å². The van der Waals surface area contributed by atoms with E-state index < -0.39 is 0 Å². The molecule has 0 atom stereocenters. The average molecular weight is 334 g/mol. The number of pyridine rings is 1. The van der Waals surface area contributed by atoms with E-state index in [9.17, 15) is 0 Å². The maximum absolute atomic E-state index is 5.69. The number of nitrogens with one attached hydrogen (secondary N) is 1. The lowest BCUT2D eigenvalue weighted by Gasteiger charge is -2.62. The number of ether oxygens (including phenoxy) is 2. The Bertz CT molecular complexity index is 584. The Hall–Kier alpha value is -1.82. The van der Waals surface area contributed by atoms with Gasteiger partial charge in [0, 0.05) is 50.0 Å². The number of aliphatic imine (C=N–C) groups is 1. The molecule has 0 unspecified atom stereocenters. The summed E-state index contributed by atoms with van der Waals surface area (Å²) in [5.74, 6) is 1.55. The van der Waals surface area contributed by atoms with Crippen LogP contribution < -0.4 is 10.1 Å². The van der Waals surface area contributed by atoms with Crippen LogP contribution in [0.2, 0.25) is 0 Å². The number of aromatic nitrogens is 1. The van der Waals surface area contributed by atoms with Crippen LogP contribution in [0.5, 0.6) is 5.88 Å². The van der Waals surface area contributed by atoms with Gasteiger partial charge in [0.15, 0.2) is 5.96 Å². The second-order valence-electron chi connectivity index (χ2n) is 7.24. The first-order valence-corrected chi connectivity index (χ1v) is 8.37. The van der Waals surface area contributed by atoms with Gasteiger partial charge in [-0.15, -0.1) is 0 Å². The highest BCUT2D eigenvalue weighted by Crippen LogP contribution is 2.46. The van der Waals surface area contributed by atoms with Crippen molar-refractivity contribution in [2.24, 2.45) is 10.4 Å². The van der Waals surface area contributed by atoms with Crippen LogP contribution in [-0.2, 0) is 11.3 Å². The van der Waals surface area contributed by atoms with Crippen molar-refractivity contribution < 1.29 is 9.47 Å². The molecule has 6 heteroatoms. The normalized spacial score (nSPS) is 18.9. The third kappa shape index (κ3) is 3.64. The number of rotatable bonds is 6. The van der Waals surface area contributed by atoms with Crippen LogP contribution in [-0.4, -0.2) is 55.3 Å². The highest BCUT2D eigenvalue weighted by molar-refractivity contribution is 5.82. The fourth-order valence-electron chi connectivity index (χ4n) is 2.78. The molecule has 1 aromatic rings. The van der Waals surface area contributed by atoms with E-state index in [4.69, 9.17) is 9.47 Å². The molecule has 0 amide bonds. The van der Waals surface area contributed by atoms with Crippen LogP contribution in [0.3, 0.4) is 0 Å². The van der Waals surface area contributed by atoms with Gasteiger partial charge in [0.1, 0.15) is 6.61 Å². The molecule has 1 aromatic heterocycles. The summed E-state index contributed by atoms with van der Waals surface area (Å²) in [5, 5.41) is 3.44. The lowest BCUT2D eigenvalue weighted by atomic mass is 9.65. The van der Waals surface area contributed by atoms with Crippen molar-refractivity contribution in [1.29, 1.82) is 0 Å². The van der Waals surface area contributed by atoms with Gasteiger partial charge in [-0.25, -0.2) is 4.98 Å². The van der Waals surface area contributed by atoms with Crippen molar-refractivity contribution in [1.82, 2.24) is 15.2 Å². The predicted molar refractivity (Wildman–Crippen MR) is 96.4 cm³/mol. The highest BCUT2D eigenvalue weighted by atomic mass is 16.5. The minimum absolute atomic E-state index is 0.0710. The lowest BCUT2D eigenvalue weighted by Crippen LogP contribution is -2.72. The molecule has 24 heavy (non-hydrogen) atoms. The van der Waals surface area contributed by atoms with Crippen molar-refractivity contribution in [3.63, 3.8) is 0 Å². The summed E-state index contributed by atoms with van der Waals surface area (Å²) in [6.07, 6.45) is 1.74. The first-order valence-electron chi connectivity index (χ1n) is 8.37. The van der Waals surface area contributed by atoms with Crippen molar-refractivity contribution in [2.75, 3.05) is 33.9 Å². The molecule has 1 N–H and O–H groups in total. The van der Waals surface area contributed by atoms with Crippen LogP contribution in [0.1, 0.15) is 33.3 Å². The molecule has 6 nitrogen and oxygen atoms in total. The number of nitrogens with zero attached hydrogens (tertiary/aromatic N) is 3. The average Bonchev–Trinajstić information content (AvgIpc) is 2.55. The van der Waals surface area contributed by atoms with E-state index in [1.807, 2.05) is 19.2 Å². The van der Waals surface area contributed by atoms with Crippen LogP contribution in [0.4, 0.5) is 0 Å². The molecule has 2 rings (SSSR count). The van der Waals surface area contributed by atoms with Crippen molar-refractivity contribution >= 4 is 5.96 Å². The second-order valence-corrected chi connectivity index (χ2v) is 7.24. The summed E-state index contributed by atoms with van der Waals surface area (Å²) >= 11 is 0. The summed E-state index contributed by atoms with van der Waals surface area (Å²) in [6, 6.07) is 3.93. The van der Waals surface area contributed by atoms with E-state index >= 15 is 0 Å². The number of hydrogen-bond acceptors (Lipinski definition) is 4. The third-order valence-electron chi connectivity index (χ3n) is 5.17. The second kappa shape index (κ2) is 7.38. The van der Waals surface area contributed by atoms with E-state index in [0.29, 0.717) is 25.6 Å². The van der Waals surface area contributed by atoms with Crippen LogP contribution in [0.15, 0.2) is 23.3 Å². The monoisotopic (exact) mass is 334 g/mol.